The molecule has 0 aliphatic carbocycles. The van der Waals surface area contributed by atoms with Crippen molar-refractivity contribution in [3.8, 4) is 11.5 Å². The summed E-state index contributed by atoms with van der Waals surface area (Å²) in [4.78, 5) is 28.3. The standard InChI is InChI=1S/C30H31NO5/c1-18(2)36-24-11-6-8-21(15-24)17-31-27(22-9-7-10-23(16-22)35-5)26(29(33)30(31)34)28(32)25-14-19(3)12-13-20(25)4/h6-16,18,27,32H,17H2,1-5H3/b28-26+. The summed E-state index contributed by atoms with van der Waals surface area (Å²) in [5.74, 6) is -0.271. The van der Waals surface area contributed by atoms with Gasteiger partial charge in [0.15, 0.2) is 0 Å². The van der Waals surface area contributed by atoms with Gasteiger partial charge in [0.05, 0.1) is 24.8 Å². The molecular weight excluding hydrogens is 454 g/mol. The van der Waals surface area contributed by atoms with Crippen molar-refractivity contribution in [3.05, 3.63) is 100 Å². The highest BCUT2D eigenvalue weighted by Gasteiger charge is 2.46. The third-order valence-electron chi connectivity index (χ3n) is 6.22. The Morgan fingerprint density at radius 1 is 0.972 bits per heavy atom. The summed E-state index contributed by atoms with van der Waals surface area (Å²) in [5.41, 5.74) is 3.85. The van der Waals surface area contributed by atoms with E-state index in [1.807, 2.05) is 82.3 Å². The molecule has 1 unspecified atom stereocenters. The van der Waals surface area contributed by atoms with Gasteiger partial charge in [-0.15, -0.1) is 0 Å². The lowest BCUT2D eigenvalue weighted by Crippen LogP contribution is -2.29. The number of aliphatic hydroxyl groups excluding tert-OH is 1. The van der Waals surface area contributed by atoms with E-state index in [4.69, 9.17) is 9.47 Å². The van der Waals surface area contributed by atoms with Crippen LogP contribution in [0.25, 0.3) is 5.76 Å². The number of amides is 1. The van der Waals surface area contributed by atoms with E-state index >= 15 is 0 Å². The predicted molar refractivity (Wildman–Crippen MR) is 139 cm³/mol. The molecule has 1 atom stereocenters. The third kappa shape index (κ3) is 4.98. The first-order valence-corrected chi connectivity index (χ1v) is 11.9. The smallest absolute Gasteiger partial charge is 0.295 e. The maximum Gasteiger partial charge on any atom is 0.295 e. The van der Waals surface area contributed by atoms with Crippen LogP contribution in [-0.2, 0) is 16.1 Å². The topological polar surface area (TPSA) is 76.1 Å². The average molecular weight is 486 g/mol. The molecule has 1 fully saturated rings. The second-order valence-corrected chi connectivity index (χ2v) is 9.34. The highest BCUT2D eigenvalue weighted by atomic mass is 16.5. The van der Waals surface area contributed by atoms with E-state index in [9.17, 15) is 14.7 Å². The van der Waals surface area contributed by atoms with Crippen molar-refractivity contribution >= 4 is 17.4 Å². The number of hydrogen-bond acceptors (Lipinski definition) is 5. The number of carbonyl (C=O) groups is 2. The molecule has 6 nitrogen and oxygen atoms in total. The Hall–Kier alpha value is -4.06. The van der Waals surface area contributed by atoms with Gasteiger partial charge in [-0.05, 0) is 74.7 Å². The predicted octanol–water partition coefficient (Wildman–Crippen LogP) is 5.72. The molecule has 6 heteroatoms. The molecule has 0 radical (unpaired) electrons. The third-order valence-corrected chi connectivity index (χ3v) is 6.22. The average Bonchev–Trinajstić information content (AvgIpc) is 3.10. The van der Waals surface area contributed by atoms with Crippen LogP contribution >= 0.6 is 0 Å². The number of rotatable bonds is 7. The molecule has 0 spiro atoms. The van der Waals surface area contributed by atoms with E-state index in [0.717, 1.165) is 16.7 Å². The van der Waals surface area contributed by atoms with Crippen LogP contribution in [0.2, 0.25) is 0 Å². The van der Waals surface area contributed by atoms with Gasteiger partial charge in [-0.1, -0.05) is 42.0 Å². The summed E-state index contributed by atoms with van der Waals surface area (Å²) < 4.78 is 11.2. The molecule has 3 aromatic carbocycles. The summed E-state index contributed by atoms with van der Waals surface area (Å²) >= 11 is 0. The molecule has 1 heterocycles. The van der Waals surface area contributed by atoms with Crippen molar-refractivity contribution in [1.82, 2.24) is 4.90 Å². The monoisotopic (exact) mass is 485 g/mol. The van der Waals surface area contributed by atoms with Gasteiger partial charge in [0, 0.05) is 12.1 Å². The molecule has 1 aliphatic rings. The summed E-state index contributed by atoms with van der Waals surface area (Å²) in [6.07, 6.45) is 0.00355. The van der Waals surface area contributed by atoms with E-state index in [2.05, 4.69) is 0 Å². The first-order chi connectivity index (χ1) is 17.2. The molecule has 4 rings (SSSR count). The molecule has 36 heavy (non-hydrogen) atoms. The van der Waals surface area contributed by atoms with Gasteiger partial charge >= 0.3 is 0 Å². The van der Waals surface area contributed by atoms with Gasteiger partial charge in [-0.2, -0.15) is 0 Å². The first kappa shape index (κ1) is 25.0. The van der Waals surface area contributed by atoms with Crippen molar-refractivity contribution in [2.24, 2.45) is 0 Å². The second kappa shape index (κ2) is 10.3. The maximum atomic E-state index is 13.4. The van der Waals surface area contributed by atoms with Crippen LogP contribution in [0.3, 0.4) is 0 Å². The molecule has 0 saturated carbocycles. The molecule has 0 aromatic heterocycles. The zero-order valence-corrected chi connectivity index (χ0v) is 21.2. The minimum absolute atomic E-state index is 0.00355. The normalized spacial score (nSPS) is 17.1. The Morgan fingerprint density at radius 3 is 2.42 bits per heavy atom. The van der Waals surface area contributed by atoms with Crippen molar-refractivity contribution in [3.63, 3.8) is 0 Å². The molecule has 1 N–H and O–H groups in total. The van der Waals surface area contributed by atoms with E-state index in [-0.39, 0.29) is 24.0 Å². The number of aliphatic hydroxyl groups is 1. The lowest BCUT2D eigenvalue weighted by Gasteiger charge is -2.26. The number of ketones is 1. The van der Waals surface area contributed by atoms with E-state index < -0.39 is 17.7 Å². The molecule has 1 aliphatic heterocycles. The highest BCUT2D eigenvalue weighted by Crippen LogP contribution is 2.41. The number of benzene rings is 3. The van der Waals surface area contributed by atoms with Gasteiger partial charge in [-0.3, -0.25) is 9.59 Å². The number of carbonyl (C=O) groups excluding carboxylic acids is 2. The Morgan fingerprint density at radius 2 is 1.69 bits per heavy atom. The van der Waals surface area contributed by atoms with Crippen molar-refractivity contribution < 1.29 is 24.2 Å². The molecule has 3 aromatic rings. The van der Waals surface area contributed by atoms with Crippen molar-refractivity contribution in [2.45, 2.75) is 46.4 Å². The van der Waals surface area contributed by atoms with Crippen LogP contribution in [0.1, 0.15) is 47.7 Å². The van der Waals surface area contributed by atoms with Gasteiger partial charge in [-0.25, -0.2) is 0 Å². The number of nitrogens with zero attached hydrogens (tertiary/aromatic N) is 1. The number of likely N-dealkylation sites (tertiary alicyclic amines) is 1. The van der Waals surface area contributed by atoms with Crippen molar-refractivity contribution in [1.29, 1.82) is 0 Å². The quantitative estimate of drug-likeness (QED) is 0.263. The molecule has 0 bridgehead atoms. The highest BCUT2D eigenvalue weighted by molar-refractivity contribution is 6.46. The van der Waals surface area contributed by atoms with E-state index in [1.165, 1.54) is 4.90 Å². The lowest BCUT2D eigenvalue weighted by atomic mass is 9.93. The van der Waals surface area contributed by atoms with Gasteiger partial charge in [0.2, 0.25) is 0 Å². The summed E-state index contributed by atoms with van der Waals surface area (Å²) in [6.45, 7) is 7.85. The number of aryl methyl sites for hydroxylation is 2. The summed E-state index contributed by atoms with van der Waals surface area (Å²) in [5, 5.41) is 11.4. The zero-order valence-electron chi connectivity index (χ0n) is 21.2. The first-order valence-electron chi connectivity index (χ1n) is 11.9. The minimum atomic E-state index is -0.783. The molecular formula is C30H31NO5. The van der Waals surface area contributed by atoms with Crippen LogP contribution in [0.15, 0.2) is 72.3 Å². The Balaban J connectivity index is 1.86. The fourth-order valence-electron chi connectivity index (χ4n) is 4.52. The van der Waals surface area contributed by atoms with Gasteiger partial charge in [0.1, 0.15) is 17.3 Å². The maximum absolute atomic E-state index is 13.4. The number of Topliss-reactive ketones (excluding diaryl/α,β-unsaturated/α-hetero) is 1. The Bertz CT molecular complexity index is 1340. The van der Waals surface area contributed by atoms with Crippen LogP contribution in [0.4, 0.5) is 0 Å². The molecule has 1 saturated heterocycles. The fourth-order valence-corrected chi connectivity index (χ4v) is 4.52. The summed E-state index contributed by atoms with van der Waals surface area (Å²) in [6, 6.07) is 19.6. The SMILES string of the molecule is COc1cccc(C2/C(=C(\O)c3cc(C)ccc3C)C(=O)C(=O)N2Cc2cccc(OC(C)C)c2)c1. The summed E-state index contributed by atoms with van der Waals surface area (Å²) in [7, 11) is 1.56. The van der Waals surface area contributed by atoms with Gasteiger partial charge in [0.25, 0.3) is 11.7 Å². The van der Waals surface area contributed by atoms with Crippen LogP contribution in [-0.4, -0.2) is 34.9 Å². The van der Waals surface area contributed by atoms with Crippen molar-refractivity contribution in [2.75, 3.05) is 7.11 Å². The van der Waals surface area contributed by atoms with Crippen LogP contribution < -0.4 is 9.47 Å². The number of methoxy groups -OCH3 is 1. The number of ether oxygens (including phenoxy) is 2. The van der Waals surface area contributed by atoms with Crippen LogP contribution in [0, 0.1) is 13.8 Å². The van der Waals surface area contributed by atoms with E-state index in [0.29, 0.717) is 22.6 Å². The largest absolute Gasteiger partial charge is 0.507 e. The minimum Gasteiger partial charge on any atom is -0.507 e. The van der Waals surface area contributed by atoms with Crippen LogP contribution in [0.5, 0.6) is 11.5 Å². The molecule has 186 valence electrons. The number of hydrogen-bond donors (Lipinski definition) is 1. The lowest BCUT2D eigenvalue weighted by molar-refractivity contribution is -0.140. The van der Waals surface area contributed by atoms with E-state index in [1.54, 1.807) is 19.2 Å². The van der Waals surface area contributed by atoms with Gasteiger partial charge < -0.3 is 19.5 Å². The zero-order chi connectivity index (χ0) is 26.0. The fraction of sp³-hybridized carbons (Fsp3) is 0.267. The molecule has 1 amide bonds. The Labute approximate surface area is 211 Å². The Kier molecular flexibility index (Phi) is 7.15. The second-order valence-electron chi connectivity index (χ2n) is 9.34.